The average molecular weight is 360 g/mol. The predicted octanol–water partition coefficient (Wildman–Crippen LogP) is 2.40. The van der Waals surface area contributed by atoms with Crippen LogP contribution in [0.4, 0.5) is 0 Å². The Hall–Kier alpha value is -1.86. The lowest BCUT2D eigenvalue weighted by Gasteiger charge is -2.26. The molecular weight excluding hydrogens is 336 g/mol. The molecule has 7 heteroatoms. The molecule has 1 aromatic heterocycles. The van der Waals surface area contributed by atoms with E-state index in [1.165, 1.54) is 22.9 Å². The van der Waals surface area contributed by atoms with Gasteiger partial charge in [0.25, 0.3) is 0 Å². The Labute approximate surface area is 152 Å². The summed E-state index contributed by atoms with van der Waals surface area (Å²) in [6.45, 7) is 4.15. The minimum atomic E-state index is -0.209. The van der Waals surface area contributed by atoms with Crippen LogP contribution in [0, 0.1) is 13.8 Å². The molecule has 0 bridgehead atoms. The smallest absolute Gasteiger partial charge is 0.230 e. The highest BCUT2D eigenvalue weighted by molar-refractivity contribution is 7.99. The highest BCUT2D eigenvalue weighted by Crippen LogP contribution is 2.22. The predicted molar refractivity (Wildman–Crippen MR) is 98.0 cm³/mol. The molecule has 0 atom stereocenters. The van der Waals surface area contributed by atoms with Crippen LogP contribution in [-0.4, -0.2) is 43.7 Å². The number of benzene rings is 1. The van der Waals surface area contributed by atoms with E-state index in [1.807, 2.05) is 10.6 Å². The van der Waals surface area contributed by atoms with Crippen molar-refractivity contribution >= 4 is 17.7 Å². The van der Waals surface area contributed by atoms with Gasteiger partial charge in [0.1, 0.15) is 6.33 Å². The van der Waals surface area contributed by atoms with E-state index in [0.717, 1.165) is 31.4 Å². The van der Waals surface area contributed by atoms with E-state index in [4.69, 9.17) is 0 Å². The van der Waals surface area contributed by atoms with Crippen molar-refractivity contribution in [1.82, 2.24) is 20.1 Å². The van der Waals surface area contributed by atoms with Crippen molar-refractivity contribution in [3.05, 3.63) is 35.7 Å². The molecule has 1 aromatic carbocycles. The van der Waals surface area contributed by atoms with Gasteiger partial charge in [-0.15, -0.1) is 10.2 Å². The monoisotopic (exact) mass is 360 g/mol. The summed E-state index contributed by atoms with van der Waals surface area (Å²) in [6.07, 6.45) is 4.68. The van der Waals surface area contributed by atoms with Crippen molar-refractivity contribution in [2.24, 2.45) is 0 Å². The number of aryl methyl sites for hydroxylation is 2. The number of rotatable bonds is 5. The molecule has 3 rings (SSSR count). The van der Waals surface area contributed by atoms with Crippen LogP contribution in [0.15, 0.2) is 29.7 Å². The Kier molecular flexibility index (Phi) is 5.75. The molecule has 2 aromatic rings. The summed E-state index contributed by atoms with van der Waals surface area (Å²) in [6, 6.07) is 6.37. The number of carbonyl (C=O) groups is 1. The van der Waals surface area contributed by atoms with E-state index in [1.54, 1.807) is 6.33 Å². The van der Waals surface area contributed by atoms with Gasteiger partial charge in [-0.2, -0.15) is 0 Å². The van der Waals surface area contributed by atoms with Crippen LogP contribution in [0.3, 0.4) is 0 Å². The van der Waals surface area contributed by atoms with Gasteiger partial charge in [0, 0.05) is 11.7 Å². The standard InChI is InChI=1S/C18H24N4O2S/c1-12-3-6-15(9-13(12)2)22-11-19-21-18(22)25-10-17(24)20-14-4-7-16(23)8-5-14/h3,6,9,11,14,16,23H,4-5,7-8,10H2,1-2H3,(H,20,24). The van der Waals surface area contributed by atoms with Crippen LogP contribution in [0.5, 0.6) is 0 Å². The molecule has 2 N–H and O–H groups in total. The third-order valence-corrected chi connectivity index (χ3v) is 5.62. The van der Waals surface area contributed by atoms with Crippen LogP contribution >= 0.6 is 11.8 Å². The summed E-state index contributed by atoms with van der Waals surface area (Å²) >= 11 is 1.38. The number of thioether (sulfide) groups is 1. The summed E-state index contributed by atoms with van der Waals surface area (Å²) in [5, 5.41) is 21.4. The van der Waals surface area contributed by atoms with Gasteiger partial charge < -0.3 is 10.4 Å². The molecular formula is C18H24N4O2S. The normalized spacial score (nSPS) is 20.4. The van der Waals surface area contributed by atoms with E-state index in [0.29, 0.717) is 10.9 Å². The minimum Gasteiger partial charge on any atom is -0.393 e. The van der Waals surface area contributed by atoms with Gasteiger partial charge in [-0.25, -0.2) is 0 Å². The molecule has 0 spiro atoms. The van der Waals surface area contributed by atoms with Crippen molar-refractivity contribution in [2.45, 2.75) is 56.8 Å². The Morgan fingerprint density at radius 1 is 1.28 bits per heavy atom. The highest BCUT2D eigenvalue weighted by Gasteiger charge is 2.21. The topological polar surface area (TPSA) is 80.0 Å². The van der Waals surface area contributed by atoms with Gasteiger partial charge in [-0.1, -0.05) is 17.8 Å². The number of hydrogen-bond acceptors (Lipinski definition) is 5. The van der Waals surface area contributed by atoms with Crippen molar-refractivity contribution in [2.75, 3.05) is 5.75 Å². The summed E-state index contributed by atoms with van der Waals surface area (Å²) in [5.74, 6) is 0.309. The van der Waals surface area contributed by atoms with Gasteiger partial charge >= 0.3 is 0 Å². The first-order valence-corrected chi connectivity index (χ1v) is 9.59. The SMILES string of the molecule is Cc1ccc(-n2cnnc2SCC(=O)NC2CCC(O)CC2)cc1C. The Bertz CT molecular complexity index is 738. The van der Waals surface area contributed by atoms with Crippen LogP contribution in [0.1, 0.15) is 36.8 Å². The number of aromatic nitrogens is 3. The molecule has 25 heavy (non-hydrogen) atoms. The number of nitrogens with zero attached hydrogens (tertiary/aromatic N) is 3. The lowest BCUT2D eigenvalue weighted by atomic mass is 9.93. The Morgan fingerprint density at radius 3 is 2.76 bits per heavy atom. The van der Waals surface area contributed by atoms with Crippen molar-refractivity contribution in [3.8, 4) is 5.69 Å². The molecule has 1 heterocycles. The summed E-state index contributed by atoms with van der Waals surface area (Å²) in [7, 11) is 0. The van der Waals surface area contributed by atoms with E-state index in [9.17, 15) is 9.90 Å². The van der Waals surface area contributed by atoms with Gasteiger partial charge in [0.05, 0.1) is 11.9 Å². The molecule has 1 amide bonds. The fraction of sp³-hybridized carbons (Fsp3) is 0.500. The molecule has 6 nitrogen and oxygen atoms in total. The summed E-state index contributed by atoms with van der Waals surface area (Å²) in [4.78, 5) is 12.2. The van der Waals surface area contributed by atoms with Crippen LogP contribution in [0.25, 0.3) is 5.69 Å². The molecule has 1 aliphatic rings. The number of hydrogen-bond donors (Lipinski definition) is 2. The second kappa shape index (κ2) is 8.01. The van der Waals surface area contributed by atoms with E-state index < -0.39 is 0 Å². The lowest BCUT2D eigenvalue weighted by Crippen LogP contribution is -2.39. The third-order valence-electron chi connectivity index (χ3n) is 4.68. The zero-order chi connectivity index (χ0) is 17.8. The molecule has 1 saturated carbocycles. The number of aliphatic hydroxyl groups is 1. The quantitative estimate of drug-likeness (QED) is 0.801. The first-order chi connectivity index (χ1) is 12.0. The third kappa shape index (κ3) is 4.61. The number of aliphatic hydroxyl groups excluding tert-OH is 1. The van der Waals surface area contributed by atoms with Gasteiger partial charge in [0.2, 0.25) is 5.91 Å². The summed E-state index contributed by atoms with van der Waals surface area (Å²) in [5.41, 5.74) is 3.44. The number of amides is 1. The van der Waals surface area contributed by atoms with Gasteiger partial charge in [-0.05, 0) is 62.8 Å². The maximum absolute atomic E-state index is 12.2. The van der Waals surface area contributed by atoms with Crippen molar-refractivity contribution in [3.63, 3.8) is 0 Å². The molecule has 0 aliphatic heterocycles. The largest absolute Gasteiger partial charge is 0.393 e. The zero-order valence-corrected chi connectivity index (χ0v) is 15.4. The second-order valence-electron chi connectivity index (χ2n) is 6.61. The van der Waals surface area contributed by atoms with E-state index in [2.05, 4.69) is 41.5 Å². The van der Waals surface area contributed by atoms with Crippen LogP contribution in [0.2, 0.25) is 0 Å². The molecule has 0 unspecified atom stereocenters. The van der Waals surface area contributed by atoms with Crippen LogP contribution in [-0.2, 0) is 4.79 Å². The molecule has 1 aliphatic carbocycles. The van der Waals surface area contributed by atoms with Crippen molar-refractivity contribution < 1.29 is 9.90 Å². The fourth-order valence-corrected chi connectivity index (χ4v) is 3.74. The molecule has 134 valence electrons. The number of nitrogens with one attached hydrogen (secondary N) is 1. The van der Waals surface area contributed by atoms with E-state index in [-0.39, 0.29) is 18.1 Å². The van der Waals surface area contributed by atoms with Crippen molar-refractivity contribution in [1.29, 1.82) is 0 Å². The molecule has 0 saturated heterocycles. The first-order valence-electron chi connectivity index (χ1n) is 8.61. The summed E-state index contributed by atoms with van der Waals surface area (Å²) < 4.78 is 1.90. The van der Waals surface area contributed by atoms with Crippen LogP contribution < -0.4 is 5.32 Å². The van der Waals surface area contributed by atoms with Gasteiger partial charge in [-0.3, -0.25) is 9.36 Å². The Morgan fingerprint density at radius 2 is 2.04 bits per heavy atom. The second-order valence-corrected chi connectivity index (χ2v) is 7.56. The van der Waals surface area contributed by atoms with E-state index >= 15 is 0 Å². The average Bonchev–Trinajstić information content (AvgIpc) is 3.06. The minimum absolute atomic E-state index is 0.000950. The fourth-order valence-electron chi connectivity index (χ4n) is 2.99. The Balaban J connectivity index is 1.58. The first kappa shape index (κ1) is 17.9. The molecule has 1 fully saturated rings. The maximum atomic E-state index is 12.2. The van der Waals surface area contributed by atoms with Gasteiger partial charge in [0.15, 0.2) is 5.16 Å². The highest BCUT2D eigenvalue weighted by atomic mass is 32.2. The maximum Gasteiger partial charge on any atom is 0.230 e. The lowest BCUT2D eigenvalue weighted by molar-refractivity contribution is -0.119. The number of carbonyl (C=O) groups excluding carboxylic acids is 1. The molecule has 0 radical (unpaired) electrons. The zero-order valence-electron chi connectivity index (χ0n) is 14.6.